The van der Waals surface area contributed by atoms with E-state index in [0.717, 1.165) is 0 Å². The highest BCUT2D eigenvalue weighted by atomic mass is 19.4. The van der Waals surface area contributed by atoms with Gasteiger partial charge in [-0.1, -0.05) is 0 Å². The van der Waals surface area contributed by atoms with Gasteiger partial charge in [0.1, 0.15) is 0 Å². The van der Waals surface area contributed by atoms with Crippen LogP contribution >= 0.6 is 0 Å². The third kappa shape index (κ3) is 4.69. The number of esters is 1. The first-order valence-electron chi connectivity index (χ1n) is 5.54. The Balaban J connectivity index is 2.85. The Morgan fingerprint density at radius 3 is 2.63 bits per heavy atom. The molecule has 0 saturated heterocycles. The van der Waals surface area contributed by atoms with Crippen LogP contribution in [-0.4, -0.2) is 25.3 Å². The van der Waals surface area contributed by atoms with Gasteiger partial charge in [-0.25, -0.2) is 4.79 Å². The number of anilines is 2. The molecular formula is C12H15F3N2O2. The standard InChI is InChI=1S/C12H15F3N2O2/c1-7(6-12(13,14)15)17-10-5-8(11(18)19-2)3-4-9(10)16/h3-5,7,17H,6,16H2,1-2H3. The van der Waals surface area contributed by atoms with Crippen molar-refractivity contribution in [3.63, 3.8) is 0 Å². The van der Waals surface area contributed by atoms with E-state index in [1.165, 1.54) is 32.2 Å². The highest BCUT2D eigenvalue weighted by molar-refractivity contribution is 5.91. The number of ether oxygens (including phenoxy) is 1. The van der Waals surface area contributed by atoms with Crippen LogP contribution in [0.25, 0.3) is 0 Å². The summed E-state index contributed by atoms with van der Waals surface area (Å²) in [5.74, 6) is -0.577. The zero-order valence-corrected chi connectivity index (χ0v) is 10.5. The molecule has 0 heterocycles. The van der Waals surface area contributed by atoms with Gasteiger partial charge in [0.25, 0.3) is 0 Å². The number of alkyl halides is 3. The lowest BCUT2D eigenvalue weighted by Gasteiger charge is -2.18. The molecule has 1 unspecified atom stereocenters. The Morgan fingerprint density at radius 2 is 2.11 bits per heavy atom. The maximum absolute atomic E-state index is 12.2. The summed E-state index contributed by atoms with van der Waals surface area (Å²) in [5, 5.41) is 2.63. The number of hydrogen-bond donors (Lipinski definition) is 2. The predicted octanol–water partition coefficient (Wildman–Crippen LogP) is 2.81. The zero-order valence-electron chi connectivity index (χ0n) is 10.5. The lowest BCUT2D eigenvalue weighted by Crippen LogP contribution is -2.24. The van der Waals surface area contributed by atoms with Crippen molar-refractivity contribution in [1.82, 2.24) is 0 Å². The number of nitrogens with two attached hydrogens (primary N) is 1. The molecule has 0 aliphatic heterocycles. The van der Waals surface area contributed by atoms with Crippen LogP contribution in [0.1, 0.15) is 23.7 Å². The van der Waals surface area contributed by atoms with Crippen molar-refractivity contribution in [1.29, 1.82) is 0 Å². The van der Waals surface area contributed by atoms with E-state index in [1.807, 2.05) is 0 Å². The van der Waals surface area contributed by atoms with Gasteiger partial charge in [0.15, 0.2) is 0 Å². The number of carbonyl (C=O) groups is 1. The second kappa shape index (κ2) is 5.81. The summed E-state index contributed by atoms with van der Waals surface area (Å²) in [4.78, 5) is 11.3. The molecule has 0 bridgehead atoms. The molecule has 106 valence electrons. The van der Waals surface area contributed by atoms with Crippen molar-refractivity contribution in [3.05, 3.63) is 23.8 Å². The first-order chi connectivity index (χ1) is 8.73. The largest absolute Gasteiger partial charge is 0.465 e. The number of rotatable bonds is 4. The molecule has 4 nitrogen and oxygen atoms in total. The van der Waals surface area contributed by atoms with Gasteiger partial charge in [-0.05, 0) is 25.1 Å². The molecule has 19 heavy (non-hydrogen) atoms. The summed E-state index contributed by atoms with van der Waals surface area (Å²) in [6.45, 7) is 1.39. The smallest absolute Gasteiger partial charge is 0.391 e. The molecule has 0 radical (unpaired) electrons. The van der Waals surface area contributed by atoms with Crippen LogP contribution in [0.5, 0.6) is 0 Å². The number of carbonyl (C=O) groups excluding carboxylic acids is 1. The number of nitrogens with one attached hydrogen (secondary N) is 1. The molecule has 0 amide bonds. The molecule has 0 saturated carbocycles. The van der Waals surface area contributed by atoms with Crippen molar-refractivity contribution in [2.75, 3.05) is 18.2 Å². The lowest BCUT2D eigenvalue weighted by atomic mass is 10.1. The van der Waals surface area contributed by atoms with Gasteiger partial charge in [0.05, 0.1) is 30.5 Å². The van der Waals surface area contributed by atoms with Crippen molar-refractivity contribution >= 4 is 17.3 Å². The zero-order chi connectivity index (χ0) is 14.6. The number of hydrogen-bond acceptors (Lipinski definition) is 4. The van der Waals surface area contributed by atoms with Crippen LogP contribution in [0.15, 0.2) is 18.2 Å². The molecule has 1 atom stereocenters. The molecule has 0 aliphatic carbocycles. The van der Waals surface area contributed by atoms with Crippen LogP contribution in [0.3, 0.4) is 0 Å². The van der Waals surface area contributed by atoms with Crippen molar-refractivity contribution in [2.24, 2.45) is 0 Å². The molecule has 3 N–H and O–H groups in total. The highest BCUT2D eigenvalue weighted by Gasteiger charge is 2.30. The Kier molecular flexibility index (Phi) is 4.63. The third-order valence-electron chi connectivity index (χ3n) is 2.41. The molecule has 0 spiro atoms. The van der Waals surface area contributed by atoms with Crippen LogP contribution in [0.2, 0.25) is 0 Å². The van der Waals surface area contributed by atoms with E-state index in [2.05, 4.69) is 10.1 Å². The van der Waals surface area contributed by atoms with Gasteiger partial charge in [0, 0.05) is 6.04 Å². The molecule has 0 aromatic heterocycles. The van der Waals surface area contributed by atoms with E-state index < -0.39 is 24.6 Å². The van der Waals surface area contributed by atoms with E-state index in [-0.39, 0.29) is 16.9 Å². The molecule has 1 aromatic rings. The minimum atomic E-state index is -4.26. The maximum Gasteiger partial charge on any atom is 0.391 e. The van der Waals surface area contributed by atoms with Crippen molar-refractivity contribution in [3.8, 4) is 0 Å². The van der Waals surface area contributed by atoms with Gasteiger partial charge in [-0.2, -0.15) is 13.2 Å². The molecular weight excluding hydrogens is 261 g/mol. The lowest BCUT2D eigenvalue weighted by molar-refractivity contribution is -0.136. The Morgan fingerprint density at radius 1 is 1.47 bits per heavy atom. The SMILES string of the molecule is COC(=O)c1ccc(N)c(NC(C)CC(F)(F)F)c1. The van der Waals surface area contributed by atoms with Gasteiger partial charge < -0.3 is 15.8 Å². The van der Waals surface area contributed by atoms with Gasteiger partial charge >= 0.3 is 12.1 Å². The number of methoxy groups -OCH3 is 1. The fraction of sp³-hybridized carbons (Fsp3) is 0.417. The average Bonchev–Trinajstić information content (AvgIpc) is 2.28. The maximum atomic E-state index is 12.2. The molecule has 1 rings (SSSR count). The van der Waals surface area contributed by atoms with Crippen LogP contribution in [0.4, 0.5) is 24.5 Å². The molecule has 0 aliphatic rings. The molecule has 7 heteroatoms. The summed E-state index contributed by atoms with van der Waals surface area (Å²) in [6, 6.07) is 3.40. The van der Waals surface area contributed by atoms with E-state index in [1.54, 1.807) is 0 Å². The van der Waals surface area contributed by atoms with E-state index in [4.69, 9.17) is 5.73 Å². The fourth-order valence-corrected chi connectivity index (χ4v) is 1.59. The van der Waals surface area contributed by atoms with E-state index in [9.17, 15) is 18.0 Å². The molecule has 1 aromatic carbocycles. The summed E-state index contributed by atoms with van der Waals surface area (Å²) in [5.41, 5.74) is 6.41. The van der Waals surface area contributed by atoms with Crippen LogP contribution in [-0.2, 0) is 4.74 Å². The summed E-state index contributed by atoms with van der Waals surface area (Å²) >= 11 is 0. The molecule has 0 fully saturated rings. The summed E-state index contributed by atoms with van der Waals surface area (Å²) in [7, 11) is 1.22. The Labute approximate surface area is 108 Å². The van der Waals surface area contributed by atoms with Gasteiger partial charge in [-0.3, -0.25) is 0 Å². The van der Waals surface area contributed by atoms with Crippen molar-refractivity contribution in [2.45, 2.75) is 25.6 Å². The minimum Gasteiger partial charge on any atom is -0.465 e. The average molecular weight is 276 g/mol. The topological polar surface area (TPSA) is 64.3 Å². The minimum absolute atomic E-state index is 0.221. The first kappa shape index (κ1) is 15.1. The number of nitrogen functional groups attached to an aromatic ring is 1. The number of halogens is 3. The Bertz CT molecular complexity index is 461. The van der Waals surface area contributed by atoms with E-state index >= 15 is 0 Å². The quantitative estimate of drug-likeness (QED) is 0.655. The fourth-order valence-electron chi connectivity index (χ4n) is 1.59. The van der Waals surface area contributed by atoms with E-state index in [0.29, 0.717) is 0 Å². The summed E-state index contributed by atoms with van der Waals surface area (Å²) in [6.07, 6.45) is -5.25. The second-order valence-corrected chi connectivity index (χ2v) is 4.16. The first-order valence-corrected chi connectivity index (χ1v) is 5.54. The third-order valence-corrected chi connectivity index (χ3v) is 2.41. The Hall–Kier alpha value is -1.92. The van der Waals surface area contributed by atoms with Crippen LogP contribution < -0.4 is 11.1 Å². The van der Waals surface area contributed by atoms with Crippen LogP contribution in [0, 0.1) is 0 Å². The highest BCUT2D eigenvalue weighted by Crippen LogP contribution is 2.26. The second-order valence-electron chi connectivity index (χ2n) is 4.16. The van der Waals surface area contributed by atoms with Gasteiger partial charge in [-0.15, -0.1) is 0 Å². The normalized spacial score (nSPS) is 12.9. The van der Waals surface area contributed by atoms with Gasteiger partial charge in [0.2, 0.25) is 0 Å². The predicted molar refractivity (Wildman–Crippen MR) is 66.0 cm³/mol. The monoisotopic (exact) mass is 276 g/mol. The summed E-state index contributed by atoms with van der Waals surface area (Å²) < 4.78 is 41.2. The number of benzene rings is 1. The van der Waals surface area contributed by atoms with Crippen molar-refractivity contribution < 1.29 is 22.7 Å².